The second-order valence-electron chi connectivity index (χ2n) is 7.01. The Labute approximate surface area is 167 Å². The monoisotopic (exact) mass is 383 g/mol. The number of methoxy groups -OCH3 is 1. The van der Waals surface area contributed by atoms with Gasteiger partial charge in [0, 0.05) is 44.0 Å². The van der Waals surface area contributed by atoms with Crippen molar-refractivity contribution in [2.45, 2.75) is 12.8 Å². The molecular weight excluding hydrogens is 354 g/mol. The zero-order valence-electron chi connectivity index (χ0n) is 16.7. The van der Waals surface area contributed by atoms with Gasteiger partial charge < -0.3 is 24.6 Å². The summed E-state index contributed by atoms with van der Waals surface area (Å²) in [5.41, 5.74) is 2.04. The molecule has 150 valence electrons. The number of carbonyl (C=O) groups is 1. The second-order valence-corrected chi connectivity index (χ2v) is 7.01. The van der Waals surface area contributed by atoms with Crippen molar-refractivity contribution < 1.29 is 14.3 Å². The van der Waals surface area contributed by atoms with Crippen LogP contribution in [-0.2, 0) is 4.79 Å². The smallest absolute Gasteiger partial charge is 0.224 e. The Morgan fingerprint density at radius 2 is 1.61 bits per heavy atom. The van der Waals surface area contributed by atoms with Crippen molar-refractivity contribution in [1.82, 2.24) is 4.90 Å². The molecule has 0 spiro atoms. The molecule has 2 aromatic carbocycles. The van der Waals surface area contributed by atoms with Crippen LogP contribution in [0.15, 0.2) is 48.5 Å². The Balaban J connectivity index is 1.37. The van der Waals surface area contributed by atoms with Crippen LogP contribution in [0.25, 0.3) is 0 Å². The maximum atomic E-state index is 12.1. The van der Waals surface area contributed by atoms with E-state index in [-0.39, 0.29) is 5.91 Å². The first-order chi connectivity index (χ1) is 13.6. The molecule has 0 aromatic heterocycles. The summed E-state index contributed by atoms with van der Waals surface area (Å²) in [6.07, 6.45) is 1.09. The van der Waals surface area contributed by atoms with E-state index in [2.05, 4.69) is 34.3 Å². The molecule has 1 amide bonds. The van der Waals surface area contributed by atoms with Crippen molar-refractivity contribution in [3.63, 3.8) is 0 Å². The fraction of sp³-hybridized carbons (Fsp3) is 0.409. The molecule has 1 saturated heterocycles. The van der Waals surface area contributed by atoms with Gasteiger partial charge in [-0.05, 0) is 62.0 Å². The number of nitrogens with one attached hydrogen (secondary N) is 1. The van der Waals surface area contributed by atoms with E-state index in [1.165, 1.54) is 5.69 Å². The lowest BCUT2D eigenvalue weighted by Gasteiger charge is -2.34. The third kappa shape index (κ3) is 5.89. The van der Waals surface area contributed by atoms with Gasteiger partial charge >= 0.3 is 0 Å². The molecule has 1 fully saturated rings. The number of hydrogen-bond acceptors (Lipinski definition) is 5. The van der Waals surface area contributed by atoms with Crippen LogP contribution in [0.1, 0.15) is 12.8 Å². The average Bonchev–Trinajstić information content (AvgIpc) is 2.73. The van der Waals surface area contributed by atoms with Crippen molar-refractivity contribution in [2.75, 3.05) is 57.2 Å². The highest BCUT2D eigenvalue weighted by atomic mass is 16.5. The minimum atomic E-state index is 0.00526. The number of amides is 1. The van der Waals surface area contributed by atoms with Crippen LogP contribution < -0.4 is 19.7 Å². The standard InChI is InChI=1S/C22H29N3O3/c1-24-13-15-25(16-14-24)19-7-5-18(6-8-19)23-22(26)4-3-17-28-21-11-9-20(27-2)10-12-21/h5-12H,3-4,13-17H2,1-2H3,(H,23,26). The van der Waals surface area contributed by atoms with Crippen LogP contribution in [0.2, 0.25) is 0 Å². The third-order valence-electron chi connectivity index (χ3n) is 4.90. The van der Waals surface area contributed by atoms with E-state index < -0.39 is 0 Å². The molecule has 0 atom stereocenters. The van der Waals surface area contributed by atoms with Crippen LogP contribution in [-0.4, -0.2) is 57.8 Å². The van der Waals surface area contributed by atoms with Crippen molar-refractivity contribution in [1.29, 1.82) is 0 Å². The molecule has 28 heavy (non-hydrogen) atoms. The topological polar surface area (TPSA) is 54.0 Å². The fourth-order valence-corrected chi connectivity index (χ4v) is 3.14. The summed E-state index contributed by atoms with van der Waals surface area (Å²) in [7, 11) is 3.78. The van der Waals surface area contributed by atoms with Crippen LogP contribution >= 0.6 is 0 Å². The number of hydrogen-bond donors (Lipinski definition) is 1. The van der Waals surface area contributed by atoms with Gasteiger partial charge in [-0.25, -0.2) is 0 Å². The predicted molar refractivity (Wildman–Crippen MR) is 113 cm³/mol. The summed E-state index contributed by atoms with van der Waals surface area (Å²) >= 11 is 0. The number of benzene rings is 2. The molecule has 6 nitrogen and oxygen atoms in total. The molecule has 1 aliphatic heterocycles. The molecular formula is C22H29N3O3. The van der Waals surface area contributed by atoms with Gasteiger partial charge in [0.05, 0.1) is 13.7 Å². The van der Waals surface area contributed by atoms with E-state index in [1.807, 2.05) is 36.4 Å². The number of rotatable bonds is 8. The zero-order chi connectivity index (χ0) is 19.8. The molecule has 0 bridgehead atoms. The summed E-state index contributed by atoms with van der Waals surface area (Å²) in [5, 5.41) is 2.96. The SMILES string of the molecule is COc1ccc(OCCCC(=O)Nc2ccc(N3CCN(C)CC3)cc2)cc1. The maximum Gasteiger partial charge on any atom is 0.224 e. The minimum absolute atomic E-state index is 0.00526. The second kappa shape index (κ2) is 9.99. The van der Waals surface area contributed by atoms with E-state index >= 15 is 0 Å². The lowest BCUT2D eigenvalue weighted by Crippen LogP contribution is -2.44. The van der Waals surface area contributed by atoms with Gasteiger partial charge in [-0.3, -0.25) is 4.79 Å². The number of carbonyl (C=O) groups excluding carboxylic acids is 1. The fourth-order valence-electron chi connectivity index (χ4n) is 3.14. The zero-order valence-corrected chi connectivity index (χ0v) is 16.7. The highest BCUT2D eigenvalue weighted by Gasteiger charge is 2.14. The molecule has 0 aliphatic carbocycles. The first kappa shape index (κ1) is 20.0. The van der Waals surface area contributed by atoms with Gasteiger partial charge in [0.1, 0.15) is 11.5 Å². The van der Waals surface area contributed by atoms with E-state index in [0.29, 0.717) is 19.4 Å². The molecule has 1 aliphatic rings. The first-order valence-electron chi connectivity index (χ1n) is 9.74. The van der Waals surface area contributed by atoms with Crippen molar-refractivity contribution >= 4 is 17.3 Å². The Hall–Kier alpha value is -2.73. The van der Waals surface area contributed by atoms with Gasteiger partial charge in [-0.15, -0.1) is 0 Å². The molecule has 3 rings (SSSR count). The summed E-state index contributed by atoms with van der Waals surface area (Å²) in [5.74, 6) is 1.58. The summed E-state index contributed by atoms with van der Waals surface area (Å²) in [4.78, 5) is 16.8. The van der Waals surface area contributed by atoms with Crippen molar-refractivity contribution in [2.24, 2.45) is 0 Å². The molecule has 6 heteroatoms. The maximum absolute atomic E-state index is 12.1. The van der Waals surface area contributed by atoms with Crippen molar-refractivity contribution in [3.05, 3.63) is 48.5 Å². The van der Waals surface area contributed by atoms with Gasteiger partial charge in [0.2, 0.25) is 5.91 Å². The van der Waals surface area contributed by atoms with Crippen LogP contribution in [0.4, 0.5) is 11.4 Å². The van der Waals surface area contributed by atoms with Gasteiger partial charge in [0.25, 0.3) is 0 Å². The highest BCUT2D eigenvalue weighted by molar-refractivity contribution is 5.90. The number of nitrogens with zero attached hydrogens (tertiary/aromatic N) is 2. The molecule has 0 unspecified atom stereocenters. The number of anilines is 2. The highest BCUT2D eigenvalue weighted by Crippen LogP contribution is 2.20. The van der Waals surface area contributed by atoms with E-state index in [4.69, 9.17) is 9.47 Å². The molecule has 0 radical (unpaired) electrons. The Morgan fingerprint density at radius 3 is 2.25 bits per heavy atom. The summed E-state index contributed by atoms with van der Waals surface area (Å²) in [6, 6.07) is 15.5. The van der Waals surface area contributed by atoms with Crippen molar-refractivity contribution in [3.8, 4) is 11.5 Å². The average molecular weight is 383 g/mol. The first-order valence-corrected chi connectivity index (χ1v) is 9.74. The largest absolute Gasteiger partial charge is 0.497 e. The van der Waals surface area contributed by atoms with Gasteiger partial charge in [0.15, 0.2) is 0 Å². The minimum Gasteiger partial charge on any atom is -0.497 e. The van der Waals surface area contributed by atoms with Crippen LogP contribution in [0, 0.1) is 0 Å². The molecule has 2 aromatic rings. The summed E-state index contributed by atoms with van der Waals surface area (Å²) in [6.45, 7) is 4.74. The van der Waals surface area contributed by atoms with Gasteiger partial charge in [-0.1, -0.05) is 0 Å². The Kier molecular flexibility index (Phi) is 7.14. The number of likely N-dealkylation sites (N-methyl/N-ethyl adjacent to an activating group) is 1. The van der Waals surface area contributed by atoms with Crippen LogP contribution in [0.3, 0.4) is 0 Å². The predicted octanol–water partition coefficient (Wildman–Crippen LogP) is 3.24. The third-order valence-corrected chi connectivity index (χ3v) is 4.90. The van der Waals surface area contributed by atoms with E-state index in [1.54, 1.807) is 7.11 Å². The van der Waals surface area contributed by atoms with E-state index in [9.17, 15) is 4.79 Å². The molecule has 0 saturated carbocycles. The molecule has 1 heterocycles. The lowest BCUT2D eigenvalue weighted by molar-refractivity contribution is -0.116. The van der Waals surface area contributed by atoms with E-state index in [0.717, 1.165) is 43.4 Å². The quantitative estimate of drug-likeness (QED) is 0.709. The number of piperazine rings is 1. The molecule has 1 N–H and O–H groups in total. The van der Waals surface area contributed by atoms with Crippen LogP contribution in [0.5, 0.6) is 11.5 Å². The summed E-state index contributed by atoms with van der Waals surface area (Å²) < 4.78 is 10.8. The Morgan fingerprint density at radius 1 is 0.964 bits per heavy atom. The normalized spacial score (nSPS) is 14.6. The lowest BCUT2D eigenvalue weighted by atomic mass is 10.2. The Bertz CT molecular complexity index is 739. The van der Waals surface area contributed by atoms with Gasteiger partial charge in [-0.2, -0.15) is 0 Å². The number of ether oxygens (including phenoxy) is 2.